The molecular weight excluding hydrogens is 603 g/mol. The van der Waals surface area contributed by atoms with Gasteiger partial charge in [0, 0.05) is 22.6 Å². The molecule has 5 rings (SSSR count). The number of esters is 6. The van der Waals surface area contributed by atoms with E-state index >= 15 is 0 Å². The van der Waals surface area contributed by atoms with Crippen LogP contribution >= 0.6 is 22.6 Å². The molecule has 0 saturated carbocycles. The van der Waals surface area contributed by atoms with Crippen LogP contribution in [0.3, 0.4) is 0 Å². The van der Waals surface area contributed by atoms with Gasteiger partial charge in [0.15, 0.2) is 0 Å². The molecule has 11 nitrogen and oxygen atoms in total. The fraction of sp³-hybridized carbons (Fsp3) is 0. The van der Waals surface area contributed by atoms with E-state index in [1.165, 1.54) is 65.1 Å². The zero-order valence-electron chi connectivity index (χ0n) is 18.1. The first kappa shape index (κ1) is 24.0. The Balaban J connectivity index is 1.36. The SMILES string of the molecule is O=C(Oc1ccc(OC(=O)c2ccc3c(c2)C(=O)OC3=O)c(C(=O)I)c1)c1ccc2c(c1)C(=O)OC2=O. The van der Waals surface area contributed by atoms with Crippen LogP contribution in [0.1, 0.15) is 72.5 Å². The highest BCUT2D eigenvalue weighted by molar-refractivity contribution is 14.1. The molecule has 0 spiro atoms. The van der Waals surface area contributed by atoms with E-state index in [0.29, 0.717) is 0 Å². The zero-order valence-corrected chi connectivity index (χ0v) is 20.2. The van der Waals surface area contributed by atoms with Gasteiger partial charge < -0.3 is 18.9 Å². The first-order valence-electron chi connectivity index (χ1n) is 10.2. The predicted octanol–water partition coefficient (Wildman–Crippen LogP) is 3.32. The van der Waals surface area contributed by atoms with Crippen LogP contribution in [0, 0.1) is 0 Å². The summed E-state index contributed by atoms with van der Waals surface area (Å²) < 4.78 is 19.0. The monoisotopic (exact) mass is 612 g/mol. The minimum absolute atomic E-state index is 0.0164. The summed E-state index contributed by atoms with van der Waals surface area (Å²) in [6, 6.07) is 11.0. The number of hydrogen-bond donors (Lipinski definition) is 0. The number of rotatable bonds is 5. The molecule has 0 amide bonds. The van der Waals surface area contributed by atoms with Crippen molar-refractivity contribution in [2.75, 3.05) is 0 Å². The van der Waals surface area contributed by atoms with Gasteiger partial charge in [0.1, 0.15) is 11.5 Å². The maximum absolute atomic E-state index is 12.6. The van der Waals surface area contributed by atoms with E-state index in [0.717, 1.165) is 12.1 Å². The average Bonchev–Trinajstić information content (AvgIpc) is 3.32. The Kier molecular flexibility index (Phi) is 5.87. The Hall–Kier alpha value is -4.72. The van der Waals surface area contributed by atoms with E-state index in [1.54, 1.807) is 0 Å². The summed E-state index contributed by atoms with van der Waals surface area (Å²) in [5.41, 5.74) is -0.332. The highest BCUT2D eigenvalue weighted by Gasteiger charge is 2.32. The third-order valence-electron chi connectivity index (χ3n) is 5.34. The van der Waals surface area contributed by atoms with Crippen molar-refractivity contribution in [2.24, 2.45) is 0 Å². The van der Waals surface area contributed by atoms with Crippen molar-refractivity contribution in [1.82, 2.24) is 0 Å². The maximum atomic E-state index is 12.6. The smallest absolute Gasteiger partial charge is 0.346 e. The molecule has 2 aliphatic heterocycles. The van der Waals surface area contributed by atoms with E-state index in [-0.39, 0.29) is 50.4 Å². The van der Waals surface area contributed by atoms with Crippen molar-refractivity contribution < 1.29 is 52.5 Å². The molecule has 0 radical (unpaired) electrons. The average molecular weight is 612 g/mol. The van der Waals surface area contributed by atoms with Crippen LogP contribution in [0.25, 0.3) is 0 Å². The number of carbonyl (C=O) groups excluding carboxylic acids is 7. The van der Waals surface area contributed by atoms with Crippen LogP contribution in [-0.4, -0.2) is 39.6 Å². The summed E-state index contributed by atoms with van der Waals surface area (Å²) in [4.78, 5) is 84.0. The fourth-order valence-electron chi connectivity index (χ4n) is 3.56. The molecule has 0 saturated heterocycles. The van der Waals surface area contributed by atoms with Gasteiger partial charge >= 0.3 is 35.8 Å². The maximum Gasteiger partial charge on any atom is 0.346 e. The molecule has 3 aromatic carbocycles. The Morgan fingerprint density at radius 2 is 1.08 bits per heavy atom. The third-order valence-corrected chi connectivity index (χ3v) is 5.92. The second kappa shape index (κ2) is 9.05. The van der Waals surface area contributed by atoms with Crippen molar-refractivity contribution in [2.45, 2.75) is 0 Å². The lowest BCUT2D eigenvalue weighted by molar-refractivity contribution is 0.0425. The van der Waals surface area contributed by atoms with Gasteiger partial charge in [0.05, 0.1) is 38.9 Å². The normalized spacial score (nSPS) is 13.4. The van der Waals surface area contributed by atoms with Gasteiger partial charge in [-0.1, -0.05) is 0 Å². The molecule has 0 N–H and O–H groups in total. The number of halogens is 1. The number of benzene rings is 3. The Labute approximate surface area is 219 Å². The quantitative estimate of drug-likeness (QED) is 0.137. The second-order valence-corrected chi connectivity index (χ2v) is 8.57. The molecule has 2 aliphatic rings. The molecule has 0 atom stereocenters. The molecule has 2 heterocycles. The number of cyclic esters (lactones) is 4. The van der Waals surface area contributed by atoms with Crippen molar-refractivity contribution in [3.63, 3.8) is 0 Å². The summed E-state index contributed by atoms with van der Waals surface area (Å²) in [5, 5.41) is 0. The lowest BCUT2D eigenvalue weighted by atomic mass is 10.1. The van der Waals surface area contributed by atoms with Crippen molar-refractivity contribution >= 4 is 62.2 Å². The van der Waals surface area contributed by atoms with E-state index in [2.05, 4.69) is 9.47 Å². The van der Waals surface area contributed by atoms with E-state index in [9.17, 15) is 33.6 Å². The lowest BCUT2D eigenvalue weighted by Gasteiger charge is -2.11. The van der Waals surface area contributed by atoms with Crippen molar-refractivity contribution in [3.05, 3.63) is 93.5 Å². The fourth-order valence-corrected chi connectivity index (χ4v) is 3.99. The Morgan fingerprint density at radius 1 is 0.595 bits per heavy atom. The number of hydrogen-bond acceptors (Lipinski definition) is 11. The molecule has 12 heteroatoms. The topological polar surface area (TPSA) is 156 Å². The summed E-state index contributed by atoms with van der Waals surface area (Å²) in [6.07, 6.45) is 0. The first-order valence-corrected chi connectivity index (χ1v) is 11.3. The molecule has 0 fully saturated rings. The van der Waals surface area contributed by atoms with Gasteiger partial charge in [-0.05, 0) is 54.6 Å². The van der Waals surface area contributed by atoms with Crippen LogP contribution in [0.5, 0.6) is 11.5 Å². The first-order chi connectivity index (χ1) is 17.6. The Morgan fingerprint density at radius 3 is 1.59 bits per heavy atom. The molecule has 0 bridgehead atoms. The minimum atomic E-state index is -0.918. The summed E-state index contributed by atoms with van der Waals surface area (Å²) >= 11 is 1.46. The van der Waals surface area contributed by atoms with Crippen LogP contribution in [0.15, 0.2) is 54.6 Å². The third kappa shape index (κ3) is 4.38. The molecule has 0 aliphatic carbocycles. The van der Waals surface area contributed by atoms with Crippen molar-refractivity contribution in [1.29, 1.82) is 0 Å². The summed E-state index contributed by atoms with van der Waals surface area (Å²) in [5.74, 6) is -5.44. The Bertz CT molecular complexity index is 1620. The standard InChI is InChI=1S/C25H9IO11/c26-19(27)17-9-12(34-20(28)10-1-4-13-15(7-10)24(32)36-22(13)30)3-6-18(17)35-21(29)11-2-5-14-16(8-11)25(33)37-23(14)31/h1-9H. The molecule has 0 aromatic heterocycles. The zero-order chi connectivity index (χ0) is 26.4. The molecule has 3 aromatic rings. The van der Waals surface area contributed by atoms with Gasteiger partial charge in [-0.2, -0.15) is 0 Å². The summed E-state index contributed by atoms with van der Waals surface area (Å²) in [6.45, 7) is 0. The lowest BCUT2D eigenvalue weighted by Crippen LogP contribution is -2.13. The number of fused-ring (bicyclic) bond motifs is 2. The minimum Gasteiger partial charge on any atom is -0.423 e. The van der Waals surface area contributed by atoms with Crippen LogP contribution < -0.4 is 9.47 Å². The van der Waals surface area contributed by atoms with Gasteiger partial charge in [0.25, 0.3) is 0 Å². The van der Waals surface area contributed by atoms with Gasteiger partial charge in [0.2, 0.25) is 3.79 Å². The highest BCUT2D eigenvalue weighted by Crippen LogP contribution is 2.29. The van der Waals surface area contributed by atoms with E-state index < -0.39 is 39.6 Å². The largest absolute Gasteiger partial charge is 0.423 e. The molecule has 0 unspecified atom stereocenters. The van der Waals surface area contributed by atoms with Crippen LogP contribution in [0.2, 0.25) is 0 Å². The predicted molar refractivity (Wildman–Crippen MR) is 127 cm³/mol. The number of carbonyl (C=O) groups is 7. The number of ether oxygens (including phenoxy) is 4. The van der Waals surface area contributed by atoms with Gasteiger partial charge in [-0.25, -0.2) is 28.8 Å². The van der Waals surface area contributed by atoms with E-state index in [1.807, 2.05) is 0 Å². The summed E-state index contributed by atoms with van der Waals surface area (Å²) in [7, 11) is 0. The van der Waals surface area contributed by atoms with Gasteiger partial charge in [-0.3, -0.25) is 4.79 Å². The van der Waals surface area contributed by atoms with E-state index in [4.69, 9.17) is 9.47 Å². The molecular formula is C25H9IO11. The van der Waals surface area contributed by atoms with Crippen LogP contribution in [0.4, 0.5) is 0 Å². The van der Waals surface area contributed by atoms with Crippen molar-refractivity contribution in [3.8, 4) is 11.5 Å². The molecule has 37 heavy (non-hydrogen) atoms. The highest BCUT2D eigenvalue weighted by atomic mass is 127. The van der Waals surface area contributed by atoms with Crippen LogP contribution in [-0.2, 0) is 9.47 Å². The second-order valence-electron chi connectivity index (χ2n) is 7.59. The van der Waals surface area contributed by atoms with Gasteiger partial charge in [-0.15, -0.1) is 0 Å². The molecule has 182 valence electrons.